The summed E-state index contributed by atoms with van der Waals surface area (Å²) < 4.78 is 48.7. The number of sulfone groups is 2. The standard InChI is InChI=1S/C20H17N3O4S2/c1-28(24,25)16-8-6-14(7-9-16)18-10-11-20-21-13-19(23(20)22-18)15-4-3-5-17(12-15)29(2,26)27/h3-13H,1-2H3. The minimum absolute atomic E-state index is 0.220. The minimum Gasteiger partial charge on any atom is -0.235 e. The maximum atomic E-state index is 11.9. The summed E-state index contributed by atoms with van der Waals surface area (Å²) in [5.74, 6) is 0. The smallest absolute Gasteiger partial charge is 0.175 e. The maximum Gasteiger partial charge on any atom is 0.175 e. The van der Waals surface area contributed by atoms with Crippen LogP contribution in [-0.2, 0) is 19.7 Å². The second kappa shape index (κ2) is 6.78. The number of aromatic nitrogens is 3. The molecule has 0 radical (unpaired) electrons. The molecule has 0 fully saturated rings. The third-order valence-electron chi connectivity index (χ3n) is 4.50. The molecular weight excluding hydrogens is 410 g/mol. The molecular formula is C20H17N3O4S2. The van der Waals surface area contributed by atoms with Crippen LogP contribution in [0.5, 0.6) is 0 Å². The molecule has 0 aliphatic rings. The molecule has 2 aromatic heterocycles. The van der Waals surface area contributed by atoms with Crippen LogP contribution in [0.3, 0.4) is 0 Å². The van der Waals surface area contributed by atoms with Gasteiger partial charge in [0.15, 0.2) is 25.3 Å². The molecule has 148 valence electrons. The second-order valence-electron chi connectivity index (χ2n) is 6.73. The molecule has 2 heterocycles. The highest BCUT2D eigenvalue weighted by Gasteiger charge is 2.13. The third kappa shape index (κ3) is 3.79. The van der Waals surface area contributed by atoms with Gasteiger partial charge in [-0.1, -0.05) is 24.3 Å². The molecule has 0 atom stereocenters. The zero-order valence-electron chi connectivity index (χ0n) is 15.6. The van der Waals surface area contributed by atoms with E-state index in [4.69, 9.17) is 0 Å². The normalized spacial score (nSPS) is 12.3. The van der Waals surface area contributed by atoms with Gasteiger partial charge in [-0.3, -0.25) is 0 Å². The topological polar surface area (TPSA) is 98.5 Å². The Morgan fingerprint density at radius 3 is 2.10 bits per heavy atom. The lowest BCUT2D eigenvalue weighted by atomic mass is 10.1. The first-order chi connectivity index (χ1) is 13.6. The highest BCUT2D eigenvalue weighted by molar-refractivity contribution is 7.91. The summed E-state index contributed by atoms with van der Waals surface area (Å²) in [7, 11) is -6.61. The number of benzene rings is 2. The predicted octanol–water partition coefficient (Wildman–Crippen LogP) is 2.87. The molecule has 2 aromatic carbocycles. The summed E-state index contributed by atoms with van der Waals surface area (Å²) >= 11 is 0. The van der Waals surface area contributed by atoms with E-state index in [0.29, 0.717) is 22.6 Å². The quantitative estimate of drug-likeness (QED) is 0.497. The number of fused-ring (bicyclic) bond motifs is 1. The Balaban J connectivity index is 1.82. The van der Waals surface area contributed by atoms with E-state index in [0.717, 1.165) is 18.1 Å². The van der Waals surface area contributed by atoms with E-state index in [2.05, 4.69) is 10.1 Å². The summed E-state index contributed by atoms with van der Waals surface area (Å²) in [5.41, 5.74) is 3.33. The van der Waals surface area contributed by atoms with Gasteiger partial charge in [-0.2, -0.15) is 5.10 Å². The van der Waals surface area contributed by atoms with E-state index in [-0.39, 0.29) is 9.79 Å². The van der Waals surface area contributed by atoms with Gasteiger partial charge in [0.2, 0.25) is 0 Å². The van der Waals surface area contributed by atoms with Gasteiger partial charge in [-0.05, 0) is 36.4 Å². The van der Waals surface area contributed by atoms with Gasteiger partial charge < -0.3 is 0 Å². The first-order valence-corrected chi connectivity index (χ1v) is 12.4. The number of nitrogens with zero attached hydrogens (tertiary/aromatic N) is 3. The molecule has 0 N–H and O–H groups in total. The number of hydrogen-bond donors (Lipinski definition) is 0. The molecule has 0 spiro atoms. The highest BCUT2D eigenvalue weighted by atomic mass is 32.2. The Morgan fingerprint density at radius 1 is 0.759 bits per heavy atom. The van der Waals surface area contributed by atoms with E-state index in [1.54, 1.807) is 71.4 Å². The number of rotatable bonds is 4. The summed E-state index contributed by atoms with van der Waals surface area (Å²) in [5, 5.41) is 4.62. The Bertz CT molecular complexity index is 1440. The van der Waals surface area contributed by atoms with Crippen LogP contribution in [0.1, 0.15) is 0 Å². The molecule has 0 saturated heterocycles. The van der Waals surface area contributed by atoms with Gasteiger partial charge >= 0.3 is 0 Å². The average molecular weight is 428 g/mol. The molecule has 4 aromatic rings. The Morgan fingerprint density at radius 2 is 1.45 bits per heavy atom. The Kier molecular flexibility index (Phi) is 4.51. The van der Waals surface area contributed by atoms with Crippen molar-refractivity contribution in [3.63, 3.8) is 0 Å². The Labute approximate surface area is 168 Å². The molecule has 0 saturated carbocycles. The lowest BCUT2D eigenvalue weighted by molar-refractivity contribution is 0.600. The van der Waals surface area contributed by atoms with Crippen molar-refractivity contribution in [2.45, 2.75) is 9.79 Å². The van der Waals surface area contributed by atoms with Gasteiger partial charge in [-0.25, -0.2) is 26.3 Å². The van der Waals surface area contributed by atoms with Crippen molar-refractivity contribution in [2.75, 3.05) is 12.5 Å². The van der Waals surface area contributed by atoms with Crippen molar-refractivity contribution in [3.05, 3.63) is 66.9 Å². The fourth-order valence-corrected chi connectivity index (χ4v) is 4.28. The van der Waals surface area contributed by atoms with Crippen LogP contribution >= 0.6 is 0 Å². The van der Waals surface area contributed by atoms with E-state index in [1.165, 1.54) is 0 Å². The largest absolute Gasteiger partial charge is 0.235 e. The fourth-order valence-electron chi connectivity index (χ4n) is 2.98. The van der Waals surface area contributed by atoms with Gasteiger partial charge in [0.25, 0.3) is 0 Å². The summed E-state index contributed by atoms with van der Waals surface area (Å²) in [6, 6.07) is 16.7. The van der Waals surface area contributed by atoms with Crippen LogP contribution in [0.15, 0.2) is 76.7 Å². The number of imidazole rings is 1. The summed E-state index contributed by atoms with van der Waals surface area (Å²) in [6.45, 7) is 0. The second-order valence-corrected chi connectivity index (χ2v) is 10.8. The van der Waals surface area contributed by atoms with Gasteiger partial charge in [0.1, 0.15) is 0 Å². The molecule has 4 rings (SSSR count). The van der Waals surface area contributed by atoms with Crippen LogP contribution in [0.25, 0.3) is 28.2 Å². The molecule has 0 aliphatic carbocycles. The SMILES string of the molecule is CS(=O)(=O)c1ccc(-c2ccc3ncc(-c4cccc(S(C)(=O)=O)c4)n3n2)cc1. The first-order valence-electron chi connectivity index (χ1n) is 8.59. The zero-order valence-corrected chi connectivity index (χ0v) is 17.3. The Hall–Kier alpha value is -3.04. The van der Waals surface area contributed by atoms with E-state index < -0.39 is 19.7 Å². The van der Waals surface area contributed by atoms with Gasteiger partial charge in [0, 0.05) is 23.6 Å². The molecule has 9 heteroatoms. The lowest BCUT2D eigenvalue weighted by Crippen LogP contribution is -2.00. The van der Waals surface area contributed by atoms with Crippen LogP contribution in [0.4, 0.5) is 0 Å². The summed E-state index contributed by atoms with van der Waals surface area (Å²) in [6.07, 6.45) is 3.96. The van der Waals surface area contributed by atoms with E-state index in [9.17, 15) is 16.8 Å². The maximum absolute atomic E-state index is 11.9. The van der Waals surface area contributed by atoms with Crippen LogP contribution < -0.4 is 0 Å². The molecule has 0 aliphatic heterocycles. The fraction of sp³-hybridized carbons (Fsp3) is 0.100. The van der Waals surface area contributed by atoms with Crippen molar-refractivity contribution >= 4 is 25.3 Å². The van der Waals surface area contributed by atoms with Gasteiger partial charge in [0.05, 0.1) is 27.4 Å². The molecule has 7 nitrogen and oxygen atoms in total. The summed E-state index contributed by atoms with van der Waals surface area (Å²) in [4.78, 5) is 4.80. The average Bonchev–Trinajstić information content (AvgIpc) is 3.10. The van der Waals surface area contributed by atoms with Crippen molar-refractivity contribution in [2.24, 2.45) is 0 Å². The minimum atomic E-state index is -3.34. The van der Waals surface area contributed by atoms with Crippen LogP contribution in [-0.4, -0.2) is 43.9 Å². The number of hydrogen-bond acceptors (Lipinski definition) is 6. The van der Waals surface area contributed by atoms with Crippen LogP contribution in [0.2, 0.25) is 0 Å². The van der Waals surface area contributed by atoms with Crippen molar-refractivity contribution in [3.8, 4) is 22.5 Å². The molecule has 29 heavy (non-hydrogen) atoms. The van der Waals surface area contributed by atoms with Crippen molar-refractivity contribution < 1.29 is 16.8 Å². The van der Waals surface area contributed by atoms with Crippen molar-refractivity contribution in [1.29, 1.82) is 0 Å². The third-order valence-corrected chi connectivity index (χ3v) is 6.74. The van der Waals surface area contributed by atoms with Crippen molar-refractivity contribution in [1.82, 2.24) is 14.6 Å². The molecule has 0 amide bonds. The monoisotopic (exact) mass is 427 g/mol. The van der Waals surface area contributed by atoms with Crippen LogP contribution in [0, 0.1) is 0 Å². The zero-order chi connectivity index (χ0) is 20.8. The molecule has 0 bridgehead atoms. The van der Waals surface area contributed by atoms with E-state index in [1.807, 2.05) is 0 Å². The lowest BCUT2D eigenvalue weighted by Gasteiger charge is -2.06. The predicted molar refractivity (Wildman–Crippen MR) is 110 cm³/mol. The highest BCUT2D eigenvalue weighted by Crippen LogP contribution is 2.25. The first kappa shape index (κ1) is 19.3. The van der Waals surface area contributed by atoms with Gasteiger partial charge in [-0.15, -0.1) is 0 Å². The molecule has 0 unspecified atom stereocenters. The van der Waals surface area contributed by atoms with E-state index >= 15 is 0 Å².